The molecule has 1 aromatic rings. The van der Waals surface area contributed by atoms with Crippen LogP contribution in [0.2, 0.25) is 0 Å². The summed E-state index contributed by atoms with van der Waals surface area (Å²) in [5, 5.41) is 15.0. The van der Waals surface area contributed by atoms with Gasteiger partial charge in [0.15, 0.2) is 5.78 Å². The minimum atomic E-state index is -1.07. The van der Waals surface area contributed by atoms with Crippen LogP contribution < -0.4 is 0 Å². The number of aliphatic hydroxyl groups is 1. The predicted octanol–water partition coefficient (Wildman–Crippen LogP) is 4.31. The number of aromatic nitrogens is 2. The van der Waals surface area contributed by atoms with E-state index in [1.807, 2.05) is 6.92 Å². The Morgan fingerprint density at radius 2 is 1.91 bits per heavy atom. The number of hydrogen-bond donors (Lipinski definition) is 1. The molecule has 1 heterocycles. The standard InChI is InChI=1S/C27H40N2O3S/c1-15-22-23(15)25(21(30)14-29-13-17(12-28-29)33(4)32)27(3)10-8-19-18-7-9-26(2,31)11-16(18)5-6-20(19)24(22)27/h12-13,15-16,18-20,22-25,31H,5-11,14H2,1-4H3/t15-,16+,18-,19+,20+,22+,23-,24+,25-,26+,27-,33?/m0/s1. The number of fused-ring (bicyclic) bond motifs is 7. The van der Waals surface area contributed by atoms with E-state index in [1.54, 1.807) is 23.3 Å². The van der Waals surface area contributed by atoms with Crippen molar-refractivity contribution in [2.24, 2.45) is 58.7 Å². The summed E-state index contributed by atoms with van der Waals surface area (Å²) in [5.74, 6) is 6.15. The molecule has 5 nitrogen and oxygen atoms in total. The largest absolute Gasteiger partial charge is 0.390 e. The summed E-state index contributed by atoms with van der Waals surface area (Å²) < 4.78 is 13.5. The van der Waals surface area contributed by atoms with Gasteiger partial charge in [0.25, 0.3) is 0 Å². The van der Waals surface area contributed by atoms with Crippen molar-refractivity contribution in [3.8, 4) is 0 Å². The van der Waals surface area contributed by atoms with Gasteiger partial charge in [-0.2, -0.15) is 5.10 Å². The van der Waals surface area contributed by atoms with Gasteiger partial charge in [0.1, 0.15) is 0 Å². The zero-order valence-electron chi connectivity index (χ0n) is 20.6. The SMILES string of the molecule is C[C@H]1[C@@H]2[C@H]1[C@H](C(=O)Cn1cc(S(C)=O)cn1)[C@@]1(C)CC[C@H]3[C@@H](CC[C@@H]4C[C@](C)(O)CC[C@@H]43)[C@H]21. The molecule has 0 saturated heterocycles. The van der Waals surface area contributed by atoms with Crippen molar-refractivity contribution in [2.75, 3.05) is 6.26 Å². The fourth-order valence-corrected chi connectivity index (χ4v) is 10.4. The van der Waals surface area contributed by atoms with Gasteiger partial charge in [-0.25, -0.2) is 0 Å². The van der Waals surface area contributed by atoms with Gasteiger partial charge in [0.05, 0.1) is 34.0 Å². The lowest BCUT2D eigenvalue weighted by molar-refractivity contribution is -0.137. The normalized spacial score (nSPS) is 51.1. The minimum absolute atomic E-state index is 0.122. The molecule has 5 aliphatic rings. The van der Waals surface area contributed by atoms with Crippen molar-refractivity contribution in [1.82, 2.24) is 9.78 Å². The summed E-state index contributed by atoms with van der Waals surface area (Å²) >= 11 is 0. The molecule has 0 radical (unpaired) electrons. The number of nitrogens with zero attached hydrogens (tertiary/aromatic N) is 2. The molecule has 12 atom stereocenters. The molecule has 5 fully saturated rings. The molecular weight excluding hydrogens is 432 g/mol. The van der Waals surface area contributed by atoms with E-state index in [1.165, 1.54) is 32.1 Å². The highest BCUT2D eigenvalue weighted by Crippen LogP contribution is 2.76. The highest BCUT2D eigenvalue weighted by molar-refractivity contribution is 7.84. The Morgan fingerprint density at radius 3 is 2.64 bits per heavy atom. The van der Waals surface area contributed by atoms with Crippen LogP contribution in [0.3, 0.4) is 0 Å². The first kappa shape index (κ1) is 22.5. The highest BCUT2D eigenvalue weighted by Gasteiger charge is 2.73. The molecule has 33 heavy (non-hydrogen) atoms. The van der Waals surface area contributed by atoms with Crippen LogP contribution in [-0.2, 0) is 22.1 Å². The first-order chi connectivity index (χ1) is 15.6. The van der Waals surface area contributed by atoms with Gasteiger partial charge in [0, 0.05) is 18.4 Å². The zero-order valence-corrected chi connectivity index (χ0v) is 21.4. The Bertz CT molecular complexity index is 988. The van der Waals surface area contributed by atoms with E-state index in [0.29, 0.717) is 40.9 Å². The van der Waals surface area contributed by atoms with Crippen LogP contribution in [0.15, 0.2) is 17.3 Å². The Hall–Kier alpha value is -1.01. The third-order valence-corrected chi connectivity index (χ3v) is 12.0. The molecule has 0 spiro atoms. The third kappa shape index (κ3) is 3.36. The first-order valence-corrected chi connectivity index (χ1v) is 14.8. The number of hydrogen-bond acceptors (Lipinski definition) is 4. The Labute approximate surface area is 200 Å². The molecule has 0 amide bonds. The lowest BCUT2D eigenvalue weighted by Crippen LogP contribution is -2.52. The Morgan fingerprint density at radius 1 is 1.15 bits per heavy atom. The van der Waals surface area contributed by atoms with Crippen molar-refractivity contribution in [2.45, 2.75) is 82.8 Å². The fourth-order valence-electron chi connectivity index (χ4n) is 9.92. The molecule has 1 aromatic heterocycles. The molecule has 182 valence electrons. The molecular formula is C27H40N2O3S. The van der Waals surface area contributed by atoms with Gasteiger partial charge < -0.3 is 5.11 Å². The van der Waals surface area contributed by atoms with Gasteiger partial charge in [-0.3, -0.25) is 13.7 Å². The lowest BCUT2D eigenvalue weighted by Gasteiger charge is -2.58. The van der Waals surface area contributed by atoms with Crippen LogP contribution in [-0.4, -0.2) is 36.7 Å². The van der Waals surface area contributed by atoms with Crippen molar-refractivity contribution in [3.63, 3.8) is 0 Å². The van der Waals surface area contributed by atoms with Gasteiger partial charge in [-0.15, -0.1) is 0 Å². The van der Waals surface area contributed by atoms with Gasteiger partial charge in [-0.1, -0.05) is 13.8 Å². The van der Waals surface area contributed by atoms with Crippen molar-refractivity contribution >= 4 is 16.6 Å². The summed E-state index contributed by atoms with van der Waals surface area (Å²) in [5.41, 5.74) is -0.342. The smallest absolute Gasteiger partial charge is 0.158 e. The average molecular weight is 473 g/mol. The number of carbonyl (C=O) groups excluding carboxylic acids is 1. The van der Waals surface area contributed by atoms with Crippen molar-refractivity contribution in [1.29, 1.82) is 0 Å². The van der Waals surface area contributed by atoms with Crippen molar-refractivity contribution < 1.29 is 14.1 Å². The van der Waals surface area contributed by atoms with Crippen LogP contribution in [0.5, 0.6) is 0 Å². The maximum atomic E-state index is 13.7. The summed E-state index contributed by atoms with van der Waals surface area (Å²) in [4.78, 5) is 14.4. The van der Waals surface area contributed by atoms with Gasteiger partial charge >= 0.3 is 0 Å². The number of Topliss-reactive ketones (excluding diaryl/α,β-unsaturated/α-hetero) is 1. The van der Waals surface area contributed by atoms with Crippen LogP contribution >= 0.6 is 0 Å². The number of ketones is 1. The molecule has 1 unspecified atom stereocenters. The van der Waals surface area contributed by atoms with Gasteiger partial charge in [-0.05, 0) is 105 Å². The summed E-state index contributed by atoms with van der Waals surface area (Å²) in [7, 11) is -1.07. The number of carbonyl (C=O) groups is 1. The third-order valence-electron chi connectivity index (χ3n) is 11.2. The Kier molecular flexibility index (Phi) is 5.10. The summed E-state index contributed by atoms with van der Waals surface area (Å²) in [6, 6.07) is 0. The van der Waals surface area contributed by atoms with Crippen LogP contribution in [0, 0.1) is 58.7 Å². The number of rotatable bonds is 4. The van der Waals surface area contributed by atoms with E-state index in [2.05, 4.69) is 18.9 Å². The zero-order chi connectivity index (χ0) is 23.3. The molecule has 0 bridgehead atoms. The van der Waals surface area contributed by atoms with E-state index >= 15 is 0 Å². The van der Waals surface area contributed by atoms with Crippen LogP contribution in [0.25, 0.3) is 0 Å². The van der Waals surface area contributed by atoms with Gasteiger partial charge in [0.2, 0.25) is 0 Å². The second kappa shape index (κ2) is 7.49. The van der Waals surface area contributed by atoms with E-state index in [4.69, 9.17) is 0 Å². The quantitative estimate of drug-likeness (QED) is 0.709. The van der Waals surface area contributed by atoms with Crippen molar-refractivity contribution in [3.05, 3.63) is 12.4 Å². The highest BCUT2D eigenvalue weighted by atomic mass is 32.2. The monoisotopic (exact) mass is 472 g/mol. The Balaban J connectivity index is 1.24. The molecule has 5 saturated carbocycles. The molecule has 6 heteroatoms. The molecule has 0 aromatic carbocycles. The average Bonchev–Trinajstić information content (AvgIpc) is 3.10. The maximum absolute atomic E-state index is 13.7. The van der Waals surface area contributed by atoms with E-state index in [9.17, 15) is 14.1 Å². The van der Waals surface area contributed by atoms with Crippen LogP contribution in [0.1, 0.15) is 65.7 Å². The molecule has 5 aliphatic carbocycles. The van der Waals surface area contributed by atoms with Crippen LogP contribution in [0.4, 0.5) is 0 Å². The topological polar surface area (TPSA) is 72.2 Å². The molecule has 6 rings (SSSR count). The fraction of sp³-hybridized carbons (Fsp3) is 0.852. The second-order valence-electron chi connectivity index (χ2n) is 12.9. The first-order valence-electron chi connectivity index (χ1n) is 13.2. The predicted molar refractivity (Wildman–Crippen MR) is 128 cm³/mol. The summed E-state index contributed by atoms with van der Waals surface area (Å²) in [6.07, 6.45) is 13.2. The molecule has 1 N–H and O–H groups in total. The van der Waals surface area contributed by atoms with E-state index in [0.717, 1.165) is 36.5 Å². The molecule has 0 aliphatic heterocycles. The minimum Gasteiger partial charge on any atom is -0.390 e. The second-order valence-corrected chi connectivity index (χ2v) is 14.3. The maximum Gasteiger partial charge on any atom is 0.158 e. The van der Waals surface area contributed by atoms with E-state index in [-0.39, 0.29) is 11.3 Å². The van der Waals surface area contributed by atoms with E-state index < -0.39 is 16.4 Å². The summed E-state index contributed by atoms with van der Waals surface area (Å²) in [6.45, 7) is 7.18. The lowest BCUT2D eigenvalue weighted by atomic mass is 9.47.